The molecule has 1 aromatic carbocycles. The van der Waals surface area contributed by atoms with E-state index >= 15 is 0 Å². The summed E-state index contributed by atoms with van der Waals surface area (Å²) in [6, 6.07) is 3.18. The molecule has 1 aromatic rings. The number of carboxylic acids is 1. The van der Waals surface area contributed by atoms with Crippen molar-refractivity contribution in [3.63, 3.8) is 0 Å². The van der Waals surface area contributed by atoms with Gasteiger partial charge in [-0.05, 0) is 40.5 Å². The molecule has 0 radical (unpaired) electrons. The Morgan fingerprint density at radius 3 is 2.70 bits per heavy atom. The Morgan fingerprint density at radius 2 is 2.20 bits per heavy atom. The minimum atomic E-state index is -3.84. The Balaban J connectivity index is 3.13. The molecule has 0 spiro atoms. The molecule has 108 valence electrons. The number of carbonyl (C=O) groups is 1. The van der Waals surface area contributed by atoms with Crippen LogP contribution in [0, 0.1) is 12.3 Å². The summed E-state index contributed by atoms with van der Waals surface area (Å²) in [7, 11) is -3.84. The Morgan fingerprint density at radius 1 is 1.55 bits per heavy atom. The number of halogens is 1. The first-order chi connectivity index (χ1) is 9.31. The first kappa shape index (κ1) is 16.7. The van der Waals surface area contributed by atoms with Gasteiger partial charge in [-0.25, -0.2) is 13.2 Å². The van der Waals surface area contributed by atoms with E-state index in [0.717, 1.165) is 12.5 Å². The SMILES string of the molecule is C#CC(CCC)NS(=O)(=O)c1ccc(Br)c(C(=O)O)c1. The van der Waals surface area contributed by atoms with Crippen molar-refractivity contribution in [1.29, 1.82) is 0 Å². The largest absolute Gasteiger partial charge is 0.478 e. The summed E-state index contributed by atoms with van der Waals surface area (Å²) in [6.45, 7) is 1.89. The summed E-state index contributed by atoms with van der Waals surface area (Å²) in [5.74, 6) is 1.15. The monoisotopic (exact) mass is 359 g/mol. The molecule has 0 aliphatic heterocycles. The number of nitrogens with one attached hydrogen (secondary N) is 1. The normalized spacial score (nSPS) is 12.7. The molecule has 1 atom stereocenters. The average Bonchev–Trinajstić information content (AvgIpc) is 2.37. The molecule has 5 nitrogen and oxygen atoms in total. The molecule has 0 heterocycles. The zero-order valence-electron chi connectivity index (χ0n) is 10.8. The lowest BCUT2D eigenvalue weighted by Gasteiger charge is -2.13. The Labute approximate surface area is 126 Å². The van der Waals surface area contributed by atoms with E-state index in [2.05, 4.69) is 26.6 Å². The maximum absolute atomic E-state index is 12.1. The molecule has 0 amide bonds. The zero-order valence-corrected chi connectivity index (χ0v) is 13.2. The molecule has 1 rings (SSSR count). The fraction of sp³-hybridized carbons (Fsp3) is 0.308. The summed E-state index contributed by atoms with van der Waals surface area (Å²) >= 11 is 3.06. The van der Waals surface area contributed by atoms with Crippen LogP contribution in [0.25, 0.3) is 0 Å². The molecule has 0 aliphatic carbocycles. The lowest BCUT2D eigenvalue weighted by atomic mass is 10.2. The summed E-state index contributed by atoms with van der Waals surface area (Å²) in [6.07, 6.45) is 6.51. The van der Waals surface area contributed by atoms with Crippen molar-refractivity contribution < 1.29 is 18.3 Å². The van der Waals surface area contributed by atoms with Crippen LogP contribution in [0.3, 0.4) is 0 Å². The number of benzene rings is 1. The van der Waals surface area contributed by atoms with E-state index < -0.39 is 22.0 Å². The second-order valence-corrected chi connectivity index (χ2v) is 6.64. The smallest absolute Gasteiger partial charge is 0.336 e. The van der Waals surface area contributed by atoms with Gasteiger partial charge in [-0.15, -0.1) is 6.42 Å². The molecule has 1 unspecified atom stereocenters. The van der Waals surface area contributed by atoms with Crippen LogP contribution in [0.1, 0.15) is 30.1 Å². The van der Waals surface area contributed by atoms with E-state index in [0.29, 0.717) is 10.9 Å². The van der Waals surface area contributed by atoms with Crippen LogP contribution in [-0.4, -0.2) is 25.5 Å². The fourth-order valence-corrected chi connectivity index (χ4v) is 3.19. The van der Waals surface area contributed by atoms with Crippen LogP contribution in [0.15, 0.2) is 27.6 Å². The summed E-state index contributed by atoms with van der Waals surface area (Å²) in [5.41, 5.74) is -0.124. The predicted octanol–water partition coefficient (Wildman–Crippen LogP) is 2.23. The molecule has 0 aromatic heterocycles. The van der Waals surface area contributed by atoms with E-state index in [1.165, 1.54) is 12.1 Å². The number of aromatic carboxylic acids is 1. The van der Waals surface area contributed by atoms with Gasteiger partial charge < -0.3 is 5.11 Å². The van der Waals surface area contributed by atoms with Gasteiger partial charge in [0.05, 0.1) is 16.5 Å². The highest BCUT2D eigenvalue weighted by Gasteiger charge is 2.20. The summed E-state index contributed by atoms with van der Waals surface area (Å²) < 4.78 is 27.0. The highest BCUT2D eigenvalue weighted by atomic mass is 79.9. The van der Waals surface area contributed by atoms with Gasteiger partial charge in [-0.3, -0.25) is 0 Å². The fourth-order valence-electron chi connectivity index (χ4n) is 1.56. The molecule has 0 saturated heterocycles. The second-order valence-electron chi connectivity index (χ2n) is 4.08. The average molecular weight is 360 g/mol. The zero-order chi connectivity index (χ0) is 15.3. The van der Waals surface area contributed by atoms with Crippen LogP contribution >= 0.6 is 15.9 Å². The van der Waals surface area contributed by atoms with Gasteiger partial charge in [0.25, 0.3) is 0 Å². The van der Waals surface area contributed by atoms with Crippen molar-refractivity contribution in [2.75, 3.05) is 0 Å². The minimum Gasteiger partial charge on any atom is -0.478 e. The van der Waals surface area contributed by atoms with E-state index in [-0.39, 0.29) is 10.5 Å². The minimum absolute atomic E-state index is 0.124. The molecular weight excluding hydrogens is 346 g/mol. The van der Waals surface area contributed by atoms with E-state index in [1.54, 1.807) is 0 Å². The number of hydrogen-bond acceptors (Lipinski definition) is 3. The molecule has 7 heteroatoms. The number of rotatable bonds is 6. The van der Waals surface area contributed by atoms with Gasteiger partial charge >= 0.3 is 5.97 Å². The van der Waals surface area contributed by atoms with E-state index in [4.69, 9.17) is 11.5 Å². The maximum atomic E-state index is 12.1. The van der Waals surface area contributed by atoms with Crippen LogP contribution in [0.4, 0.5) is 0 Å². The molecule has 0 saturated carbocycles. The van der Waals surface area contributed by atoms with Gasteiger partial charge in [-0.2, -0.15) is 4.72 Å². The van der Waals surface area contributed by atoms with Gasteiger partial charge in [0.15, 0.2) is 0 Å². The lowest BCUT2D eigenvalue weighted by molar-refractivity contribution is 0.0695. The molecule has 2 N–H and O–H groups in total. The van der Waals surface area contributed by atoms with Crippen LogP contribution in [0.2, 0.25) is 0 Å². The third-order valence-corrected chi connectivity index (χ3v) is 4.72. The predicted molar refractivity (Wildman–Crippen MR) is 79.0 cm³/mol. The molecule has 0 bridgehead atoms. The van der Waals surface area contributed by atoms with E-state index in [9.17, 15) is 13.2 Å². The van der Waals surface area contributed by atoms with Crippen molar-refractivity contribution >= 4 is 31.9 Å². The van der Waals surface area contributed by atoms with Gasteiger partial charge in [0, 0.05) is 4.47 Å². The first-order valence-electron chi connectivity index (χ1n) is 5.83. The maximum Gasteiger partial charge on any atom is 0.336 e. The van der Waals surface area contributed by atoms with E-state index in [1.807, 2.05) is 6.92 Å². The Hall–Kier alpha value is -1.36. The van der Waals surface area contributed by atoms with Crippen molar-refractivity contribution in [2.24, 2.45) is 0 Å². The number of carboxylic acid groups (broad SMARTS) is 1. The molecule has 20 heavy (non-hydrogen) atoms. The third kappa shape index (κ3) is 4.07. The van der Waals surface area contributed by atoms with Gasteiger partial charge in [0.2, 0.25) is 10.0 Å². The highest BCUT2D eigenvalue weighted by molar-refractivity contribution is 9.10. The van der Waals surface area contributed by atoms with Gasteiger partial charge in [-0.1, -0.05) is 19.3 Å². The second kappa shape index (κ2) is 6.88. The summed E-state index contributed by atoms with van der Waals surface area (Å²) in [4.78, 5) is 10.9. The topological polar surface area (TPSA) is 83.5 Å². The Kier molecular flexibility index (Phi) is 5.74. The third-order valence-electron chi connectivity index (χ3n) is 2.55. The number of terminal acetylenes is 1. The van der Waals surface area contributed by atoms with Crippen molar-refractivity contribution in [3.05, 3.63) is 28.2 Å². The molecule has 0 fully saturated rings. The first-order valence-corrected chi connectivity index (χ1v) is 8.10. The lowest BCUT2D eigenvalue weighted by Crippen LogP contribution is -2.33. The summed E-state index contributed by atoms with van der Waals surface area (Å²) in [5, 5.41) is 8.99. The van der Waals surface area contributed by atoms with Crippen molar-refractivity contribution in [2.45, 2.75) is 30.7 Å². The molecule has 0 aliphatic rings. The van der Waals surface area contributed by atoms with Crippen LogP contribution in [-0.2, 0) is 10.0 Å². The molecular formula is C13H14BrNO4S. The number of sulfonamides is 1. The Bertz CT molecular complexity index is 649. The van der Waals surface area contributed by atoms with Crippen molar-refractivity contribution in [3.8, 4) is 12.3 Å². The van der Waals surface area contributed by atoms with Gasteiger partial charge in [0.1, 0.15) is 0 Å². The van der Waals surface area contributed by atoms with Crippen LogP contribution in [0.5, 0.6) is 0 Å². The highest BCUT2D eigenvalue weighted by Crippen LogP contribution is 2.21. The van der Waals surface area contributed by atoms with Crippen molar-refractivity contribution in [1.82, 2.24) is 4.72 Å². The number of hydrogen-bond donors (Lipinski definition) is 2. The quantitative estimate of drug-likeness (QED) is 0.762. The van der Waals surface area contributed by atoms with Crippen LogP contribution < -0.4 is 4.72 Å². The standard InChI is InChI=1S/C13H14BrNO4S/c1-3-5-9(4-2)15-20(18,19)10-6-7-12(14)11(8-10)13(16)17/h2,6-9,15H,3,5H2,1H3,(H,16,17).